The fraction of sp³-hybridized carbons (Fsp3) is 1.00. The van der Waals surface area contributed by atoms with Gasteiger partial charge >= 0.3 is 0 Å². The Kier molecular flexibility index (Phi) is 7.16. The van der Waals surface area contributed by atoms with Gasteiger partial charge in [0.1, 0.15) is 0 Å². The Labute approximate surface area is 103 Å². The molecule has 0 saturated heterocycles. The topological polar surface area (TPSA) is 0 Å². The maximum atomic E-state index is 2.41. The molecular weight excluding hydrogens is 192 g/mol. The SMILES string of the molecule is CCCCC(CC)C1CCCCC(CC)C1. The summed E-state index contributed by atoms with van der Waals surface area (Å²) in [5.41, 5.74) is 0. The average molecular weight is 224 g/mol. The lowest BCUT2D eigenvalue weighted by molar-refractivity contribution is 0.239. The molecule has 0 amide bonds. The summed E-state index contributed by atoms with van der Waals surface area (Å²) in [5.74, 6) is 3.14. The molecule has 0 aromatic rings. The fourth-order valence-corrected chi connectivity index (χ4v) is 3.54. The quantitative estimate of drug-likeness (QED) is 0.499. The molecule has 1 fully saturated rings. The van der Waals surface area contributed by atoms with Gasteiger partial charge < -0.3 is 0 Å². The molecule has 0 aliphatic heterocycles. The van der Waals surface area contributed by atoms with Crippen molar-refractivity contribution in [3.8, 4) is 0 Å². The second-order valence-electron chi connectivity index (χ2n) is 5.87. The minimum absolute atomic E-state index is 1.03. The van der Waals surface area contributed by atoms with Crippen molar-refractivity contribution in [2.45, 2.75) is 85.0 Å². The lowest BCUT2D eigenvalue weighted by Crippen LogP contribution is -2.16. The first-order valence-corrected chi connectivity index (χ1v) is 7.81. The Hall–Kier alpha value is 0. The summed E-state index contributed by atoms with van der Waals surface area (Å²) in [6, 6.07) is 0. The van der Waals surface area contributed by atoms with Crippen LogP contribution in [0.4, 0.5) is 0 Å². The molecule has 0 bridgehead atoms. The highest BCUT2D eigenvalue weighted by Crippen LogP contribution is 2.37. The van der Waals surface area contributed by atoms with Crippen LogP contribution in [0.5, 0.6) is 0 Å². The number of hydrogen-bond acceptors (Lipinski definition) is 0. The molecule has 0 heterocycles. The highest BCUT2D eigenvalue weighted by atomic mass is 14.3. The van der Waals surface area contributed by atoms with Gasteiger partial charge in [-0.15, -0.1) is 0 Å². The third kappa shape index (κ3) is 4.47. The van der Waals surface area contributed by atoms with Crippen LogP contribution in [0.3, 0.4) is 0 Å². The summed E-state index contributed by atoms with van der Waals surface area (Å²) in [7, 11) is 0. The van der Waals surface area contributed by atoms with Gasteiger partial charge in [-0.2, -0.15) is 0 Å². The molecule has 0 aromatic heterocycles. The van der Waals surface area contributed by atoms with Crippen LogP contribution in [0.25, 0.3) is 0 Å². The van der Waals surface area contributed by atoms with Gasteiger partial charge in [0.05, 0.1) is 0 Å². The van der Waals surface area contributed by atoms with Crippen LogP contribution in [0.1, 0.15) is 85.0 Å². The van der Waals surface area contributed by atoms with E-state index in [1.54, 1.807) is 6.42 Å². The van der Waals surface area contributed by atoms with Crippen molar-refractivity contribution in [3.63, 3.8) is 0 Å². The molecule has 3 atom stereocenters. The van der Waals surface area contributed by atoms with E-state index in [1.807, 2.05) is 0 Å². The first-order valence-electron chi connectivity index (χ1n) is 7.81. The molecule has 96 valence electrons. The second kappa shape index (κ2) is 8.14. The van der Waals surface area contributed by atoms with Crippen molar-refractivity contribution in [3.05, 3.63) is 0 Å². The highest BCUT2D eigenvalue weighted by molar-refractivity contribution is 4.76. The molecule has 0 nitrogen and oxygen atoms in total. The molecule has 1 saturated carbocycles. The zero-order valence-electron chi connectivity index (χ0n) is 11.8. The monoisotopic (exact) mass is 224 g/mol. The Morgan fingerprint density at radius 2 is 1.81 bits per heavy atom. The maximum Gasteiger partial charge on any atom is -0.0383 e. The molecule has 0 N–H and O–H groups in total. The van der Waals surface area contributed by atoms with Gasteiger partial charge in [-0.05, 0) is 24.2 Å². The Morgan fingerprint density at radius 3 is 2.44 bits per heavy atom. The predicted molar refractivity (Wildman–Crippen MR) is 73.7 cm³/mol. The summed E-state index contributed by atoms with van der Waals surface area (Å²) in [4.78, 5) is 0. The minimum Gasteiger partial charge on any atom is -0.0654 e. The van der Waals surface area contributed by atoms with E-state index in [2.05, 4.69) is 20.8 Å². The highest BCUT2D eigenvalue weighted by Gasteiger charge is 2.24. The molecule has 16 heavy (non-hydrogen) atoms. The van der Waals surface area contributed by atoms with Gasteiger partial charge in [-0.3, -0.25) is 0 Å². The summed E-state index contributed by atoms with van der Waals surface area (Å²) < 4.78 is 0. The fourth-order valence-electron chi connectivity index (χ4n) is 3.54. The molecule has 1 aliphatic rings. The maximum absolute atomic E-state index is 2.41. The Morgan fingerprint density at radius 1 is 1.06 bits per heavy atom. The number of unbranched alkanes of at least 4 members (excludes halogenated alkanes) is 1. The largest absolute Gasteiger partial charge is 0.0654 e. The number of rotatable bonds is 6. The van der Waals surface area contributed by atoms with Crippen molar-refractivity contribution in [1.82, 2.24) is 0 Å². The van der Waals surface area contributed by atoms with Crippen molar-refractivity contribution in [2.75, 3.05) is 0 Å². The summed E-state index contributed by atoms with van der Waals surface area (Å²) in [6.45, 7) is 7.13. The van der Waals surface area contributed by atoms with Gasteiger partial charge in [0.2, 0.25) is 0 Å². The minimum atomic E-state index is 1.03. The van der Waals surface area contributed by atoms with Crippen molar-refractivity contribution < 1.29 is 0 Å². The van der Waals surface area contributed by atoms with E-state index < -0.39 is 0 Å². The molecule has 0 aromatic carbocycles. The normalized spacial score (nSPS) is 28.7. The third-order valence-corrected chi connectivity index (χ3v) is 4.77. The first-order chi connectivity index (χ1) is 7.81. The zero-order chi connectivity index (χ0) is 11.8. The molecule has 3 unspecified atom stereocenters. The standard InChI is InChI=1S/C16H32/c1-4-7-11-15(6-3)16-12-9-8-10-14(5-2)13-16/h14-16H,4-13H2,1-3H3. The van der Waals surface area contributed by atoms with Crippen molar-refractivity contribution >= 4 is 0 Å². The Bertz CT molecular complexity index is 161. The van der Waals surface area contributed by atoms with E-state index in [-0.39, 0.29) is 0 Å². The van der Waals surface area contributed by atoms with E-state index in [0.29, 0.717) is 0 Å². The zero-order valence-corrected chi connectivity index (χ0v) is 11.8. The summed E-state index contributed by atoms with van der Waals surface area (Å²) in [5, 5.41) is 0. The lowest BCUT2D eigenvalue weighted by atomic mass is 9.79. The first kappa shape index (κ1) is 14.1. The van der Waals surface area contributed by atoms with Gasteiger partial charge in [0, 0.05) is 0 Å². The summed E-state index contributed by atoms with van der Waals surface area (Å²) >= 11 is 0. The van der Waals surface area contributed by atoms with Crippen LogP contribution in [-0.2, 0) is 0 Å². The molecule has 0 heteroatoms. The predicted octanol–water partition coefficient (Wildman–Crippen LogP) is 5.81. The van der Waals surface area contributed by atoms with E-state index in [1.165, 1.54) is 57.8 Å². The lowest BCUT2D eigenvalue weighted by Gasteiger charge is -2.27. The second-order valence-corrected chi connectivity index (χ2v) is 5.87. The molecule has 0 spiro atoms. The average Bonchev–Trinajstić information content (AvgIpc) is 2.55. The summed E-state index contributed by atoms with van der Waals surface area (Å²) in [6.07, 6.45) is 14.7. The van der Waals surface area contributed by atoms with E-state index in [9.17, 15) is 0 Å². The molecular formula is C16H32. The smallest absolute Gasteiger partial charge is 0.0383 e. The van der Waals surface area contributed by atoms with Crippen LogP contribution < -0.4 is 0 Å². The third-order valence-electron chi connectivity index (χ3n) is 4.77. The molecule has 0 radical (unpaired) electrons. The number of hydrogen-bond donors (Lipinski definition) is 0. The van der Waals surface area contributed by atoms with Crippen LogP contribution in [0.15, 0.2) is 0 Å². The van der Waals surface area contributed by atoms with E-state index >= 15 is 0 Å². The van der Waals surface area contributed by atoms with Gasteiger partial charge in [-0.25, -0.2) is 0 Å². The van der Waals surface area contributed by atoms with Crippen LogP contribution in [0, 0.1) is 17.8 Å². The van der Waals surface area contributed by atoms with Crippen LogP contribution in [0.2, 0.25) is 0 Å². The Balaban J connectivity index is 2.46. The van der Waals surface area contributed by atoms with Crippen LogP contribution in [-0.4, -0.2) is 0 Å². The van der Waals surface area contributed by atoms with Gasteiger partial charge in [0.25, 0.3) is 0 Å². The van der Waals surface area contributed by atoms with E-state index in [0.717, 1.165) is 17.8 Å². The van der Waals surface area contributed by atoms with Crippen LogP contribution >= 0.6 is 0 Å². The van der Waals surface area contributed by atoms with Gasteiger partial charge in [-0.1, -0.05) is 78.6 Å². The van der Waals surface area contributed by atoms with E-state index in [4.69, 9.17) is 0 Å². The molecule has 1 rings (SSSR count). The van der Waals surface area contributed by atoms with Gasteiger partial charge in [0.15, 0.2) is 0 Å². The molecule has 1 aliphatic carbocycles. The van der Waals surface area contributed by atoms with Crippen molar-refractivity contribution in [1.29, 1.82) is 0 Å². The van der Waals surface area contributed by atoms with Crippen molar-refractivity contribution in [2.24, 2.45) is 17.8 Å².